The second-order valence-electron chi connectivity index (χ2n) is 7.60. The van der Waals surface area contributed by atoms with Crippen molar-refractivity contribution in [2.45, 2.75) is 0 Å². The number of hydrogen-bond acceptors (Lipinski definition) is 5. The molecule has 3 heterocycles. The van der Waals surface area contributed by atoms with Gasteiger partial charge in [0, 0.05) is 56.1 Å². The second-order valence-corrected chi connectivity index (χ2v) is 7.60. The molecule has 0 radical (unpaired) electrons. The van der Waals surface area contributed by atoms with Crippen molar-refractivity contribution < 1.29 is 4.39 Å². The van der Waals surface area contributed by atoms with Crippen molar-refractivity contribution in [3.8, 4) is 11.4 Å². The van der Waals surface area contributed by atoms with E-state index in [1.54, 1.807) is 24.0 Å². The Labute approximate surface area is 166 Å². The molecule has 0 amide bonds. The van der Waals surface area contributed by atoms with Gasteiger partial charge in [-0.3, -0.25) is 9.48 Å². The van der Waals surface area contributed by atoms with Crippen LogP contribution in [0.2, 0.25) is 0 Å². The Balaban J connectivity index is 1.57. The molecule has 0 spiro atoms. The number of H-pyrrole nitrogens is 1. The number of piperazine rings is 1. The highest BCUT2D eigenvalue weighted by Gasteiger charge is 2.16. The van der Waals surface area contributed by atoms with Crippen LogP contribution in [-0.2, 0) is 7.05 Å². The van der Waals surface area contributed by atoms with Crippen LogP contribution in [0.5, 0.6) is 0 Å². The lowest BCUT2D eigenvalue weighted by molar-refractivity contribution is 0.313. The van der Waals surface area contributed by atoms with Crippen LogP contribution < -0.4 is 10.5 Å². The molecule has 0 bridgehead atoms. The number of anilines is 1. The molecular formula is C21H21FN6O. The zero-order valence-electron chi connectivity index (χ0n) is 16.3. The van der Waals surface area contributed by atoms with Gasteiger partial charge in [0.05, 0.1) is 10.9 Å². The molecule has 0 aliphatic carbocycles. The predicted molar refractivity (Wildman–Crippen MR) is 112 cm³/mol. The lowest BCUT2D eigenvalue weighted by Gasteiger charge is -2.34. The van der Waals surface area contributed by atoms with Crippen LogP contribution in [0.25, 0.3) is 33.2 Å². The first-order valence-corrected chi connectivity index (χ1v) is 9.59. The Bertz CT molecular complexity index is 1290. The fraction of sp³-hybridized carbons (Fsp3) is 0.286. The molecule has 4 aromatic rings. The summed E-state index contributed by atoms with van der Waals surface area (Å²) in [6.45, 7) is 3.84. The topological polar surface area (TPSA) is 70.1 Å². The van der Waals surface area contributed by atoms with E-state index < -0.39 is 5.82 Å². The fourth-order valence-electron chi connectivity index (χ4n) is 3.87. The summed E-state index contributed by atoms with van der Waals surface area (Å²) in [4.78, 5) is 24.7. The maximum Gasteiger partial charge on any atom is 0.259 e. The number of likely N-dealkylation sites (N-methyl/N-ethyl adjacent to an activating group) is 1. The summed E-state index contributed by atoms with van der Waals surface area (Å²) >= 11 is 0. The van der Waals surface area contributed by atoms with Crippen molar-refractivity contribution in [2.24, 2.45) is 7.05 Å². The Morgan fingerprint density at radius 3 is 2.66 bits per heavy atom. The average Bonchev–Trinajstić information content (AvgIpc) is 3.09. The van der Waals surface area contributed by atoms with Gasteiger partial charge >= 0.3 is 0 Å². The molecular weight excluding hydrogens is 371 g/mol. The second kappa shape index (κ2) is 6.66. The fourth-order valence-corrected chi connectivity index (χ4v) is 3.87. The number of fused-ring (bicyclic) bond motifs is 2. The van der Waals surface area contributed by atoms with Crippen molar-refractivity contribution in [1.29, 1.82) is 0 Å². The van der Waals surface area contributed by atoms with Crippen LogP contribution in [0.1, 0.15) is 0 Å². The molecule has 7 nitrogen and oxygen atoms in total. The molecule has 148 valence electrons. The summed E-state index contributed by atoms with van der Waals surface area (Å²) in [7, 11) is 3.85. The van der Waals surface area contributed by atoms with E-state index in [-0.39, 0.29) is 5.56 Å². The van der Waals surface area contributed by atoms with E-state index >= 15 is 0 Å². The number of aryl methyl sites for hydroxylation is 1. The van der Waals surface area contributed by atoms with Gasteiger partial charge < -0.3 is 14.8 Å². The molecule has 8 heteroatoms. The molecule has 29 heavy (non-hydrogen) atoms. The minimum atomic E-state index is -0.439. The maximum absolute atomic E-state index is 14.4. The third-order valence-corrected chi connectivity index (χ3v) is 5.51. The first kappa shape index (κ1) is 17.8. The quantitative estimate of drug-likeness (QED) is 0.567. The van der Waals surface area contributed by atoms with Crippen LogP contribution in [-0.4, -0.2) is 57.9 Å². The number of rotatable bonds is 2. The van der Waals surface area contributed by atoms with Crippen LogP contribution in [0, 0.1) is 5.82 Å². The van der Waals surface area contributed by atoms with Gasteiger partial charge in [0.15, 0.2) is 5.82 Å². The third-order valence-electron chi connectivity index (χ3n) is 5.51. The van der Waals surface area contributed by atoms with Crippen molar-refractivity contribution in [3.63, 3.8) is 0 Å². The van der Waals surface area contributed by atoms with E-state index in [2.05, 4.69) is 31.9 Å². The maximum atomic E-state index is 14.4. The molecule has 2 aromatic carbocycles. The van der Waals surface area contributed by atoms with Crippen LogP contribution in [0.3, 0.4) is 0 Å². The standard InChI is InChI=1S/C21H21FN6O/c1-26-5-7-28(8-6-26)15-3-4-18-16(11-15)21(29)24-20(23-18)13-9-14-12-27(2)25-19(14)17(22)10-13/h3-4,9-12H,5-8H2,1-2H3,(H,23,24,29). The van der Waals surface area contributed by atoms with Gasteiger partial charge in [-0.25, -0.2) is 9.37 Å². The van der Waals surface area contributed by atoms with E-state index in [0.29, 0.717) is 33.2 Å². The highest BCUT2D eigenvalue weighted by atomic mass is 19.1. The summed E-state index contributed by atoms with van der Waals surface area (Å²) in [6, 6.07) is 8.89. The smallest absolute Gasteiger partial charge is 0.259 e. The Morgan fingerprint density at radius 1 is 1.07 bits per heavy atom. The zero-order chi connectivity index (χ0) is 20.1. The van der Waals surface area contributed by atoms with E-state index in [0.717, 1.165) is 31.9 Å². The van der Waals surface area contributed by atoms with E-state index in [9.17, 15) is 9.18 Å². The Kier molecular flexibility index (Phi) is 4.09. The molecule has 1 saturated heterocycles. The number of hydrogen-bond donors (Lipinski definition) is 1. The van der Waals surface area contributed by atoms with Crippen molar-refractivity contribution in [2.75, 3.05) is 38.1 Å². The molecule has 0 unspecified atom stereocenters. The molecule has 1 aliphatic heterocycles. The van der Waals surface area contributed by atoms with Crippen LogP contribution in [0.15, 0.2) is 41.3 Å². The molecule has 0 atom stereocenters. The molecule has 2 aromatic heterocycles. The molecule has 1 fully saturated rings. The van der Waals surface area contributed by atoms with Crippen LogP contribution >= 0.6 is 0 Å². The number of aromatic amines is 1. The van der Waals surface area contributed by atoms with Gasteiger partial charge in [-0.15, -0.1) is 0 Å². The van der Waals surface area contributed by atoms with Gasteiger partial charge in [-0.2, -0.15) is 5.10 Å². The minimum Gasteiger partial charge on any atom is -0.369 e. The van der Waals surface area contributed by atoms with Gasteiger partial charge in [-0.05, 0) is 37.4 Å². The van der Waals surface area contributed by atoms with Crippen molar-refractivity contribution in [3.05, 3.63) is 52.7 Å². The summed E-state index contributed by atoms with van der Waals surface area (Å²) in [5, 5.41) is 5.31. The number of nitrogens with zero attached hydrogens (tertiary/aromatic N) is 5. The lowest BCUT2D eigenvalue weighted by Crippen LogP contribution is -2.44. The van der Waals surface area contributed by atoms with Crippen molar-refractivity contribution in [1.82, 2.24) is 24.6 Å². The normalized spacial score (nSPS) is 15.5. The van der Waals surface area contributed by atoms with Gasteiger partial charge in [0.2, 0.25) is 0 Å². The number of nitrogens with one attached hydrogen (secondary N) is 1. The van der Waals surface area contributed by atoms with Crippen LogP contribution in [0.4, 0.5) is 10.1 Å². The average molecular weight is 392 g/mol. The van der Waals surface area contributed by atoms with E-state index in [1.165, 1.54) is 6.07 Å². The summed E-state index contributed by atoms with van der Waals surface area (Å²) in [6.07, 6.45) is 1.74. The van der Waals surface area contributed by atoms with E-state index in [4.69, 9.17) is 0 Å². The van der Waals surface area contributed by atoms with Crippen molar-refractivity contribution >= 4 is 27.5 Å². The number of benzene rings is 2. The monoisotopic (exact) mass is 392 g/mol. The highest BCUT2D eigenvalue weighted by Crippen LogP contribution is 2.26. The highest BCUT2D eigenvalue weighted by molar-refractivity contribution is 5.86. The molecule has 1 N–H and O–H groups in total. The molecule has 0 saturated carbocycles. The van der Waals surface area contributed by atoms with Gasteiger partial charge in [0.25, 0.3) is 5.56 Å². The number of halogens is 1. The minimum absolute atomic E-state index is 0.229. The lowest BCUT2D eigenvalue weighted by atomic mass is 10.1. The summed E-state index contributed by atoms with van der Waals surface area (Å²) in [5.74, 6) is -0.0919. The van der Waals surface area contributed by atoms with E-state index in [1.807, 2.05) is 18.2 Å². The first-order chi connectivity index (χ1) is 14.0. The Morgan fingerprint density at radius 2 is 1.86 bits per heavy atom. The molecule has 1 aliphatic rings. The molecule has 5 rings (SSSR count). The largest absolute Gasteiger partial charge is 0.369 e. The summed E-state index contributed by atoms with van der Waals surface area (Å²) in [5.41, 5.74) is 2.20. The Hall–Kier alpha value is -3.26. The van der Waals surface area contributed by atoms with Gasteiger partial charge in [0.1, 0.15) is 11.3 Å². The summed E-state index contributed by atoms with van der Waals surface area (Å²) < 4.78 is 16.0. The number of aromatic nitrogens is 4. The predicted octanol–water partition coefficient (Wildman–Crippen LogP) is 2.37. The first-order valence-electron chi connectivity index (χ1n) is 9.59. The van der Waals surface area contributed by atoms with Gasteiger partial charge in [-0.1, -0.05) is 0 Å². The zero-order valence-corrected chi connectivity index (χ0v) is 16.3. The SMILES string of the molecule is CN1CCN(c2ccc3nc(-c4cc(F)c5nn(C)cc5c4)[nH]c(=O)c3c2)CC1. The third kappa shape index (κ3) is 3.15.